The van der Waals surface area contributed by atoms with Gasteiger partial charge in [0, 0.05) is 31.4 Å². The van der Waals surface area contributed by atoms with Crippen LogP contribution in [0.5, 0.6) is 0 Å². The number of aromatic nitrogens is 2. The van der Waals surface area contributed by atoms with Gasteiger partial charge in [-0.15, -0.1) is 0 Å². The second kappa shape index (κ2) is 9.11. The molecule has 3 heterocycles. The number of piperidine rings is 1. The molecule has 2 fully saturated rings. The maximum atomic E-state index is 14.4. The Balaban J connectivity index is 1.44. The average molecular weight is 442 g/mol. The predicted octanol–water partition coefficient (Wildman–Crippen LogP) is 1.94. The lowest BCUT2D eigenvalue weighted by atomic mass is 9.73. The van der Waals surface area contributed by atoms with Gasteiger partial charge in [0.05, 0.1) is 5.41 Å². The van der Waals surface area contributed by atoms with Crippen molar-refractivity contribution in [2.45, 2.75) is 38.2 Å². The van der Waals surface area contributed by atoms with Crippen molar-refractivity contribution in [3.05, 3.63) is 53.7 Å². The molecule has 1 aromatic heterocycles. The largest absolute Gasteiger partial charge is 0.386 e. The number of nitrogens with zero attached hydrogens (tertiary/aromatic N) is 4. The third-order valence-electron chi connectivity index (χ3n) is 6.94. The Kier molecular flexibility index (Phi) is 6.44. The monoisotopic (exact) mass is 441 g/mol. The van der Waals surface area contributed by atoms with E-state index in [1.165, 1.54) is 12.4 Å². The van der Waals surface area contributed by atoms with Gasteiger partial charge >= 0.3 is 0 Å². The van der Waals surface area contributed by atoms with Crippen LogP contribution in [0.3, 0.4) is 0 Å². The van der Waals surface area contributed by atoms with Crippen LogP contribution in [0.25, 0.3) is 0 Å². The summed E-state index contributed by atoms with van der Waals surface area (Å²) in [6.45, 7) is 4.70. The smallest absolute Gasteiger partial charge is 0.226 e. The Bertz CT molecular complexity index is 963. The van der Waals surface area contributed by atoms with Gasteiger partial charge in [-0.3, -0.25) is 4.79 Å². The zero-order chi connectivity index (χ0) is 22.8. The first-order chi connectivity index (χ1) is 15.3. The summed E-state index contributed by atoms with van der Waals surface area (Å²) in [4.78, 5) is 26.1. The van der Waals surface area contributed by atoms with E-state index in [4.69, 9.17) is 0 Å². The molecule has 4 rings (SSSR count). The number of anilines is 1. The van der Waals surface area contributed by atoms with E-state index in [1.54, 1.807) is 12.1 Å². The lowest BCUT2D eigenvalue weighted by Gasteiger charge is -2.40. The van der Waals surface area contributed by atoms with E-state index < -0.39 is 11.0 Å². The fraction of sp³-hybridized carbons (Fsp3) is 0.542. The Morgan fingerprint density at radius 1 is 1.19 bits per heavy atom. The van der Waals surface area contributed by atoms with Gasteiger partial charge in [0.1, 0.15) is 23.6 Å². The number of β-amino-alcohol motifs (C(OH)–C–C–N with tert-alkyl or cyclic N) is 1. The zero-order valence-electron chi connectivity index (χ0n) is 18.9. The van der Waals surface area contributed by atoms with Crippen molar-refractivity contribution in [1.29, 1.82) is 0 Å². The van der Waals surface area contributed by atoms with Crippen LogP contribution in [0.15, 0.2) is 36.7 Å². The van der Waals surface area contributed by atoms with Crippen molar-refractivity contribution in [3.63, 3.8) is 0 Å². The van der Waals surface area contributed by atoms with Gasteiger partial charge in [0.2, 0.25) is 5.91 Å². The number of likely N-dealkylation sites (tertiary alicyclic amines) is 1. The standard InChI is InChI=1S/C24H32FN5O2/c1-18-13-21(28-17-27-18)30-12-9-24(32,16-30)15-26-22(31)23(7-10-29(2)11-8-23)14-19-5-3-4-6-20(19)25/h3-6,13,17,32H,7-12,14-16H2,1-2H3,(H,26,31). The highest BCUT2D eigenvalue weighted by molar-refractivity contribution is 5.83. The SMILES string of the molecule is Cc1cc(N2CCC(O)(CNC(=O)C3(Cc4ccccc4F)CCN(C)CC3)C2)ncn1. The molecule has 2 aliphatic rings. The summed E-state index contributed by atoms with van der Waals surface area (Å²) in [6, 6.07) is 8.58. The van der Waals surface area contributed by atoms with E-state index in [-0.39, 0.29) is 18.3 Å². The number of hydrogen-bond donors (Lipinski definition) is 2. The number of carbonyl (C=O) groups excluding carboxylic acids is 1. The van der Waals surface area contributed by atoms with Crippen LogP contribution in [-0.2, 0) is 11.2 Å². The molecular weight excluding hydrogens is 409 g/mol. The van der Waals surface area contributed by atoms with Crippen LogP contribution in [0.1, 0.15) is 30.5 Å². The van der Waals surface area contributed by atoms with Gasteiger partial charge in [-0.05, 0) is 64.4 Å². The summed E-state index contributed by atoms with van der Waals surface area (Å²) in [6.07, 6.45) is 3.75. The second-order valence-electron chi connectivity index (χ2n) is 9.45. The molecule has 0 radical (unpaired) electrons. The van der Waals surface area contributed by atoms with Crippen molar-refractivity contribution < 1.29 is 14.3 Å². The van der Waals surface area contributed by atoms with E-state index >= 15 is 0 Å². The average Bonchev–Trinajstić information content (AvgIpc) is 3.18. The summed E-state index contributed by atoms with van der Waals surface area (Å²) in [5.41, 5.74) is -0.264. The quantitative estimate of drug-likeness (QED) is 0.713. The maximum absolute atomic E-state index is 14.4. The lowest BCUT2D eigenvalue weighted by Crippen LogP contribution is -2.53. The highest BCUT2D eigenvalue weighted by Crippen LogP contribution is 2.36. The third-order valence-corrected chi connectivity index (χ3v) is 6.94. The molecular formula is C24H32FN5O2. The summed E-state index contributed by atoms with van der Waals surface area (Å²) in [5.74, 6) is 0.411. The van der Waals surface area contributed by atoms with Crippen LogP contribution in [0.2, 0.25) is 0 Å². The van der Waals surface area contributed by atoms with E-state index in [2.05, 4.69) is 20.2 Å². The topological polar surface area (TPSA) is 81.6 Å². The minimum Gasteiger partial charge on any atom is -0.386 e. The second-order valence-corrected chi connectivity index (χ2v) is 9.45. The molecule has 0 saturated carbocycles. The zero-order valence-corrected chi connectivity index (χ0v) is 18.9. The predicted molar refractivity (Wildman–Crippen MR) is 121 cm³/mol. The summed E-state index contributed by atoms with van der Waals surface area (Å²) < 4.78 is 14.4. The highest BCUT2D eigenvalue weighted by Gasteiger charge is 2.43. The Hall–Kier alpha value is -2.58. The van der Waals surface area contributed by atoms with E-state index in [9.17, 15) is 14.3 Å². The minimum absolute atomic E-state index is 0.0985. The van der Waals surface area contributed by atoms with Crippen molar-refractivity contribution >= 4 is 11.7 Å². The number of rotatable bonds is 6. The Labute approximate surface area is 188 Å². The molecule has 1 aromatic carbocycles. The highest BCUT2D eigenvalue weighted by atomic mass is 19.1. The van der Waals surface area contributed by atoms with Crippen LogP contribution >= 0.6 is 0 Å². The molecule has 2 saturated heterocycles. The van der Waals surface area contributed by atoms with Gasteiger partial charge in [0.15, 0.2) is 0 Å². The van der Waals surface area contributed by atoms with E-state index in [0.717, 1.165) is 24.6 Å². The maximum Gasteiger partial charge on any atom is 0.226 e. The number of benzene rings is 1. The van der Waals surface area contributed by atoms with Crippen LogP contribution < -0.4 is 10.2 Å². The van der Waals surface area contributed by atoms with Crippen LogP contribution in [0, 0.1) is 18.2 Å². The summed E-state index contributed by atoms with van der Waals surface area (Å²) >= 11 is 0. The van der Waals surface area contributed by atoms with Gasteiger partial charge in [0.25, 0.3) is 0 Å². The first-order valence-electron chi connectivity index (χ1n) is 11.2. The fourth-order valence-corrected chi connectivity index (χ4v) is 4.78. The van der Waals surface area contributed by atoms with Crippen molar-refractivity contribution in [2.24, 2.45) is 5.41 Å². The van der Waals surface area contributed by atoms with Crippen LogP contribution in [0.4, 0.5) is 10.2 Å². The van der Waals surface area contributed by atoms with E-state index in [1.807, 2.05) is 31.0 Å². The number of halogens is 1. The number of hydrogen-bond acceptors (Lipinski definition) is 6. The van der Waals surface area contributed by atoms with Crippen molar-refractivity contribution in [1.82, 2.24) is 20.2 Å². The lowest BCUT2D eigenvalue weighted by molar-refractivity contribution is -0.135. The third kappa shape index (κ3) is 4.91. The van der Waals surface area contributed by atoms with Crippen molar-refractivity contribution in [3.8, 4) is 0 Å². The molecule has 8 heteroatoms. The summed E-state index contributed by atoms with van der Waals surface area (Å²) in [5, 5.41) is 14.2. The van der Waals surface area contributed by atoms with Gasteiger partial charge in [-0.25, -0.2) is 14.4 Å². The molecule has 0 spiro atoms. The van der Waals surface area contributed by atoms with Gasteiger partial charge < -0.3 is 20.2 Å². The van der Waals surface area contributed by atoms with Gasteiger partial charge in [-0.1, -0.05) is 18.2 Å². The molecule has 172 valence electrons. The minimum atomic E-state index is -1.03. The first-order valence-corrected chi connectivity index (χ1v) is 11.2. The molecule has 2 aromatic rings. The Morgan fingerprint density at radius 3 is 2.66 bits per heavy atom. The number of aryl methyl sites for hydroxylation is 1. The number of carbonyl (C=O) groups is 1. The van der Waals surface area contributed by atoms with Gasteiger partial charge in [-0.2, -0.15) is 0 Å². The molecule has 2 aliphatic heterocycles. The molecule has 2 N–H and O–H groups in total. The summed E-state index contributed by atoms with van der Waals surface area (Å²) in [7, 11) is 2.04. The molecule has 1 atom stereocenters. The number of amides is 1. The van der Waals surface area contributed by atoms with Crippen molar-refractivity contribution in [2.75, 3.05) is 44.7 Å². The fourth-order valence-electron chi connectivity index (χ4n) is 4.78. The molecule has 1 amide bonds. The Morgan fingerprint density at radius 2 is 1.94 bits per heavy atom. The molecule has 0 bridgehead atoms. The number of nitrogens with one attached hydrogen (secondary N) is 1. The molecule has 0 aliphatic carbocycles. The van der Waals surface area contributed by atoms with Crippen LogP contribution in [-0.4, -0.2) is 71.3 Å². The molecule has 32 heavy (non-hydrogen) atoms. The van der Waals surface area contributed by atoms with E-state index in [0.29, 0.717) is 44.3 Å². The normalized spacial score (nSPS) is 23.3. The number of aliphatic hydroxyl groups is 1. The molecule has 7 nitrogen and oxygen atoms in total. The first kappa shape index (κ1) is 22.6. The molecule has 1 unspecified atom stereocenters.